The molecule has 0 unspecified atom stereocenters. The van der Waals surface area contributed by atoms with Crippen LogP contribution in [-0.4, -0.2) is 35.1 Å². The van der Waals surface area contributed by atoms with Crippen molar-refractivity contribution in [1.29, 1.82) is 5.26 Å². The summed E-state index contributed by atoms with van der Waals surface area (Å²) in [4.78, 5) is 6.42. The molecule has 0 atom stereocenters. The van der Waals surface area contributed by atoms with E-state index in [2.05, 4.69) is 16.0 Å². The van der Waals surface area contributed by atoms with Gasteiger partial charge in [-0.25, -0.2) is 4.98 Å². The van der Waals surface area contributed by atoms with E-state index in [-0.39, 0.29) is 0 Å². The van der Waals surface area contributed by atoms with Crippen LogP contribution in [0.1, 0.15) is 12.0 Å². The highest BCUT2D eigenvalue weighted by Gasteiger charge is 2.10. The van der Waals surface area contributed by atoms with Gasteiger partial charge < -0.3 is 15.2 Å². The van der Waals surface area contributed by atoms with Crippen molar-refractivity contribution in [3.63, 3.8) is 0 Å². The number of rotatable bonds is 4. The summed E-state index contributed by atoms with van der Waals surface area (Å²) in [6.45, 7) is 1.81. The van der Waals surface area contributed by atoms with Gasteiger partial charge in [0.1, 0.15) is 11.6 Å². The van der Waals surface area contributed by atoms with Crippen molar-refractivity contribution in [3.05, 3.63) is 23.8 Å². The van der Waals surface area contributed by atoms with Crippen LogP contribution in [-0.2, 0) is 6.54 Å². The molecule has 5 heteroatoms. The van der Waals surface area contributed by atoms with Gasteiger partial charge in [0, 0.05) is 6.54 Å². The predicted octanol–water partition coefficient (Wildman–Crippen LogP) is 1.44. The van der Waals surface area contributed by atoms with E-state index in [1.807, 2.05) is 30.8 Å². The predicted molar refractivity (Wildman–Crippen MR) is 72.0 cm³/mol. The number of hydrogen-bond donors (Lipinski definition) is 1. The number of nitrogen functional groups attached to an aromatic ring is 1. The summed E-state index contributed by atoms with van der Waals surface area (Å²) < 4.78 is 1.97. The molecule has 0 fully saturated rings. The normalized spacial score (nSPS) is 11.0. The van der Waals surface area contributed by atoms with Crippen LogP contribution in [0.3, 0.4) is 0 Å². The van der Waals surface area contributed by atoms with Crippen LogP contribution >= 0.6 is 0 Å². The zero-order valence-electron chi connectivity index (χ0n) is 10.7. The Kier molecular flexibility index (Phi) is 3.49. The Morgan fingerprint density at radius 1 is 1.44 bits per heavy atom. The molecule has 0 saturated carbocycles. The van der Waals surface area contributed by atoms with Gasteiger partial charge in [-0.15, -0.1) is 0 Å². The third-order valence-electron chi connectivity index (χ3n) is 2.92. The van der Waals surface area contributed by atoms with Gasteiger partial charge in [-0.2, -0.15) is 5.26 Å². The quantitative estimate of drug-likeness (QED) is 0.882. The minimum absolute atomic E-state index is 0.478. The molecular formula is C13H17N5. The minimum Gasteiger partial charge on any atom is -0.369 e. The van der Waals surface area contributed by atoms with Gasteiger partial charge >= 0.3 is 0 Å². The molecule has 0 aliphatic carbocycles. The third kappa shape index (κ3) is 2.29. The Labute approximate surface area is 106 Å². The Bertz CT molecular complexity index is 591. The van der Waals surface area contributed by atoms with Crippen molar-refractivity contribution in [3.8, 4) is 6.07 Å². The number of nitrogens with two attached hydrogens (primary N) is 1. The summed E-state index contributed by atoms with van der Waals surface area (Å²) in [6, 6.07) is 7.73. The average molecular weight is 243 g/mol. The average Bonchev–Trinajstić information content (AvgIpc) is 2.65. The minimum atomic E-state index is 0.478. The second-order valence-electron chi connectivity index (χ2n) is 4.56. The number of anilines is 1. The second-order valence-corrected chi connectivity index (χ2v) is 4.56. The standard InChI is InChI=1S/C13H17N5/c1-17(2)7-4-8-18-11-6-3-5-10(9-14)12(11)16-13(18)15/h3,5-6H,4,7-8H2,1-2H3,(H2,15,16). The Hall–Kier alpha value is -2.06. The summed E-state index contributed by atoms with van der Waals surface area (Å²) in [5.74, 6) is 0.478. The van der Waals surface area contributed by atoms with Gasteiger partial charge in [0.05, 0.1) is 11.1 Å². The highest BCUT2D eigenvalue weighted by atomic mass is 15.2. The van der Waals surface area contributed by atoms with Crippen LogP contribution in [0, 0.1) is 11.3 Å². The summed E-state index contributed by atoms with van der Waals surface area (Å²) >= 11 is 0. The van der Waals surface area contributed by atoms with E-state index < -0.39 is 0 Å². The number of nitriles is 1. The zero-order chi connectivity index (χ0) is 13.1. The van der Waals surface area contributed by atoms with Crippen molar-refractivity contribution in [1.82, 2.24) is 14.5 Å². The number of aromatic nitrogens is 2. The van der Waals surface area contributed by atoms with Gasteiger partial charge in [-0.05, 0) is 39.2 Å². The van der Waals surface area contributed by atoms with E-state index in [0.717, 1.165) is 25.0 Å². The lowest BCUT2D eigenvalue weighted by Gasteiger charge is -2.10. The third-order valence-corrected chi connectivity index (χ3v) is 2.92. The summed E-state index contributed by atoms with van der Waals surface area (Å²) in [5, 5.41) is 9.04. The lowest BCUT2D eigenvalue weighted by molar-refractivity contribution is 0.388. The maximum atomic E-state index is 9.04. The number of fused-ring (bicyclic) bond motifs is 1. The molecule has 94 valence electrons. The van der Waals surface area contributed by atoms with Crippen LogP contribution in [0.5, 0.6) is 0 Å². The second kappa shape index (κ2) is 5.07. The number of nitrogens with zero attached hydrogens (tertiary/aromatic N) is 4. The van der Waals surface area contributed by atoms with Crippen molar-refractivity contribution >= 4 is 17.0 Å². The van der Waals surface area contributed by atoms with E-state index in [1.165, 1.54) is 0 Å². The first-order valence-electron chi connectivity index (χ1n) is 5.93. The lowest BCUT2D eigenvalue weighted by Crippen LogP contribution is -2.15. The molecule has 0 amide bonds. The Morgan fingerprint density at radius 3 is 2.89 bits per heavy atom. The molecule has 5 nitrogen and oxygen atoms in total. The number of benzene rings is 1. The Balaban J connectivity index is 2.33. The molecule has 0 aliphatic heterocycles. The molecule has 1 aromatic carbocycles. The molecule has 1 aromatic heterocycles. The summed E-state index contributed by atoms with van der Waals surface area (Å²) in [6.07, 6.45) is 0.999. The molecule has 0 spiro atoms. The molecule has 2 N–H and O–H groups in total. The van der Waals surface area contributed by atoms with Crippen molar-refractivity contribution < 1.29 is 0 Å². The van der Waals surface area contributed by atoms with E-state index in [9.17, 15) is 0 Å². The molecule has 2 aromatic rings. The topological polar surface area (TPSA) is 70.9 Å². The first kappa shape index (κ1) is 12.4. The first-order chi connectivity index (χ1) is 8.63. The van der Waals surface area contributed by atoms with Gasteiger partial charge in [-0.3, -0.25) is 0 Å². The largest absolute Gasteiger partial charge is 0.369 e. The van der Waals surface area contributed by atoms with Crippen molar-refractivity contribution in [2.45, 2.75) is 13.0 Å². The highest BCUT2D eigenvalue weighted by molar-refractivity contribution is 5.83. The maximum absolute atomic E-state index is 9.04. The number of imidazole rings is 1. The molecule has 18 heavy (non-hydrogen) atoms. The molecule has 0 bridgehead atoms. The monoisotopic (exact) mass is 243 g/mol. The lowest BCUT2D eigenvalue weighted by atomic mass is 10.2. The van der Waals surface area contributed by atoms with E-state index in [4.69, 9.17) is 11.0 Å². The maximum Gasteiger partial charge on any atom is 0.201 e. The van der Waals surface area contributed by atoms with Gasteiger partial charge in [0.25, 0.3) is 0 Å². The fourth-order valence-electron chi connectivity index (χ4n) is 2.04. The molecule has 0 saturated heterocycles. The van der Waals surface area contributed by atoms with Crippen LogP contribution in [0.4, 0.5) is 5.95 Å². The van der Waals surface area contributed by atoms with Gasteiger partial charge in [0.2, 0.25) is 5.95 Å². The summed E-state index contributed by atoms with van der Waals surface area (Å²) in [5.41, 5.74) is 8.13. The molecular weight excluding hydrogens is 226 g/mol. The van der Waals surface area contributed by atoms with Crippen molar-refractivity contribution in [2.24, 2.45) is 0 Å². The van der Waals surface area contributed by atoms with Crippen LogP contribution in [0.25, 0.3) is 11.0 Å². The highest BCUT2D eigenvalue weighted by Crippen LogP contribution is 2.21. The number of hydrogen-bond acceptors (Lipinski definition) is 4. The number of para-hydroxylation sites is 1. The van der Waals surface area contributed by atoms with Gasteiger partial charge in [0.15, 0.2) is 0 Å². The molecule has 0 aliphatic rings. The zero-order valence-corrected chi connectivity index (χ0v) is 10.7. The molecule has 0 radical (unpaired) electrons. The van der Waals surface area contributed by atoms with E-state index >= 15 is 0 Å². The van der Waals surface area contributed by atoms with Crippen molar-refractivity contribution in [2.75, 3.05) is 26.4 Å². The first-order valence-corrected chi connectivity index (χ1v) is 5.93. The van der Waals surface area contributed by atoms with E-state index in [0.29, 0.717) is 17.0 Å². The molecule has 2 rings (SSSR count). The van der Waals surface area contributed by atoms with Crippen LogP contribution in [0.2, 0.25) is 0 Å². The fraction of sp³-hybridized carbons (Fsp3) is 0.385. The Morgan fingerprint density at radius 2 is 2.22 bits per heavy atom. The molecule has 1 heterocycles. The summed E-state index contributed by atoms with van der Waals surface area (Å²) in [7, 11) is 4.09. The van der Waals surface area contributed by atoms with Gasteiger partial charge in [-0.1, -0.05) is 6.07 Å². The smallest absolute Gasteiger partial charge is 0.201 e. The number of aryl methyl sites for hydroxylation is 1. The SMILES string of the molecule is CN(C)CCCn1c(N)nc2c(C#N)cccc21. The van der Waals surface area contributed by atoms with E-state index in [1.54, 1.807) is 6.07 Å². The van der Waals surface area contributed by atoms with Crippen LogP contribution in [0.15, 0.2) is 18.2 Å². The van der Waals surface area contributed by atoms with Crippen LogP contribution < -0.4 is 5.73 Å². The fourth-order valence-corrected chi connectivity index (χ4v) is 2.04.